The maximum Gasteiger partial charge on any atom is 0.410 e. The zero-order valence-corrected chi connectivity index (χ0v) is 41.2. The van der Waals surface area contributed by atoms with Crippen molar-refractivity contribution in [1.29, 1.82) is 0 Å². The number of hydrogen-bond acceptors (Lipinski definition) is 10. The third-order valence-corrected chi connectivity index (χ3v) is 18.4. The lowest BCUT2D eigenvalue weighted by Crippen LogP contribution is -2.63. The molecule has 66 heavy (non-hydrogen) atoms. The van der Waals surface area contributed by atoms with Gasteiger partial charge in [0, 0.05) is 11.8 Å². The first-order chi connectivity index (χ1) is 31.4. The predicted octanol–water partition coefficient (Wildman–Crippen LogP) is 10.2. The van der Waals surface area contributed by atoms with E-state index in [-0.39, 0.29) is 48.7 Å². The van der Waals surface area contributed by atoms with Gasteiger partial charge >= 0.3 is 11.8 Å². The van der Waals surface area contributed by atoms with Crippen LogP contribution in [0.15, 0.2) is 126 Å². The van der Waals surface area contributed by atoms with Crippen LogP contribution in [0.5, 0.6) is 11.5 Å². The molecule has 1 aromatic heterocycles. The summed E-state index contributed by atoms with van der Waals surface area (Å²) in [5.74, 6) is 1.00. The van der Waals surface area contributed by atoms with E-state index in [1.54, 1.807) is 43.4 Å². The molecule has 1 aliphatic rings. The van der Waals surface area contributed by atoms with Gasteiger partial charge in [-0.3, -0.25) is 9.36 Å². The van der Waals surface area contributed by atoms with E-state index in [0.717, 1.165) is 16.7 Å². The van der Waals surface area contributed by atoms with Crippen LogP contribution in [0.3, 0.4) is 0 Å². The number of methoxy groups -OCH3 is 2. The number of benzene rings is 4. The van der Waals surface area contributed by atoms with E-state index in [1.807, 2.05) is 106 Å². The molecular weight excluding hydrogens is 853 g/mol. The Bertz CT molecular complexity index is 2370. The molecule has 0 bridgehead atoms. The van der Waals surface area contributed by atoms with Crippen molar-refractivity contribution in [1.82, 2.24) is 14.5 Å². The molecule has 2 amide bonds. The molecule has 1 fully saturated rings. The SMILES string of the molecule is COc1ccc(C(OC[C@]2(CO[Si](C(C)C)(C(C)C)C(C)C)CN(C(=O)OC(C)(C)C)C[C@H](n3ccc(NC(=O)c4ccccc4)nc3=O)O2)(c2ccccc2)c2ccc(OC)cc2)cc1. The summed E-state index contributed by atoms with van der Waals surface area (Å²) in [4.78, 5) is 47.4. The highest BCUT2D eigenvalue weighted by atomic mass is 28.4. The summed E-state index contributed by atoms with van der Waals surface area (Å²) >= 11 is 0. The van der Waals surface area contributed by atoms with Gasteiger partial charge in [0.2, 0.25) is 0 Å². The standard InChI is InChI=1S/C52H66N4O9Si/c1-36(2)66(37(3)4,38(5)6)63-35-51(34-62-52(40-20-16-13-17-21-40,41-22-26-43(60-10)27-23-41)42-24-28-44(61-11)29-25-42)33-55(49(59)65-50(7,8)9)32-46(64-51)56-31-30-45(54-48(56)58)53-47(57)39-18-14-12-15-19-39/h12-31,36-38,46H,32-35H2,1-11H3,(H,53,54,57,58)/t46-,51+/m1/s1. The van der Waals surface area contributed by atoms with Gasteiger partial charge in [0.05, 0.1) is 40.5 Å². The highest BCUT2D eigenvalue weighted by Gasteiger charge is 2.52. The summed E-state index contributed by atoms with van der Waals surface area (Å²) in [6.07, 6.45) is -0.157. The van der Waals surface area contributed by atoms with Crippen molar-refractivity contribution in [2.45, 2.75) is 102 Å². The van der Waals surface area contributed by atoms with Crippen LogP contribution in [0.1, 0.15) is 95.6 Å². The Labute approximate surface area is 390 Å². The van der Waals surface area contributed by atoms with Crippen molar-refractivity contribution in [2.75, 3.05) is 45.8 Å². The van der Waals surface area contributed by atoms with Crippen molar-refractivity contribution in [3.8, 4) is 11.5 Å². The van der Waals surface area contributed by atoms with Crippen LogP contribution >= 0.6 is 0 Å². The molecule has 6 rings (SSSR count). The lowest BCUT2D eigenvalue weighted by Gasteiger charge is -2.50. The second kappa shape index (κ2) is 20.8. The summed E-state index contributed by atoms with van der Waals surface area (Å²) in [5, 5.41) is 2.72. The van der Waals surface area contributed by atoms with Crippen LogP contribution < -0.4 is 20.5 Å². The lowest BCUT2D eigenvalue weighted by molar-refractivity contribution is -0.225. The van der Waals surface area contributed by atoms with Crippen LogP contribution in [0, 0.1) is 0 Å². The minimum Gasteiger partial charge on any atom is -0.497 e. The number of ether oxygens (including phenoxy) is 5. The zero-order chi connectivity index (χ0) is 47.9. The normalized spacial score (nSPS) is 16.9. The molecule has 0 spiro atoms. The molecule has 14 heteroatoms. The van der Waals surface area contributed by atoms with Crippen molar-refractivity contribution in [2.24, 2.45) is 0 Å². The molecule has 2 heterocycles. The van der Waals surface area contributed by atoms with Gasteiger partial charge in [-0.25, -0.2) is 9.59 Å². The number of anilines is 1. The third kappa shape index (κ3) is 10.9. The fourth-order valence-electron chi connectivity index (χ4n) is 9.33. The number of carbonyl (C=O) groups excluding carboxylic acids is 2. The average molecular weight is 919 g/mol. The molecule has 5 aromatic rings. The molecule has 0 aliphatic carbocycles. The van der Waals surface area contributed by atoms with E-state index in [9.17, 15) is 14.4 Å². The first kappa shape index (κ1) is 49.6. The summed E-state index contributed by atoms with van der Waals surface area (Å²) in [6.45, 7) is 18.5. The van der Waals surface area contributed by atoms with Gasteiger partial charge in [-0.2, -0.15) is 4.98 Å². The van der Waals surface area contributed by atoms with Crippen molar-refractivity contribution in [3.05, 3.63) is 154 Å². The molecular formula is C52H66N4O9Si. The van der Waals surface area contributed by atoms with E-state index in [1.165, 1.54) is 16.8 Å². The van der Waals surface area contributed by atoms with Crippen molar-refractivity contribution >= 4 is 26.1 Å². The Kier molecular flexibility index (Phi) is 15.6. The van der Waals surface area contributed by atoms with E-state index in [2.05, 4.69) is 51.8 Å². The van der Waals surface area contributed by atoms with Gasteiger partial charge in [-0.05, 0) is 96.5 Å². The van der Waals surface area contributed by atoms with Crippen LogP contribution in [-0.4, -0.2) is 86.5 Å². The molecule has 2 atom stereocenters. The minimum atomic E-state index is -2.62. The summed E-state index contributed by atoms with van der Waals surface area (Å²) in [6, 6.07) is 35.7. The summed E-state index contributed by atoms with van der Waals surface area (Å²) in [5.41, 5.74) is -0.720. The zero-order valence-electron chi connectivity index (χ0n) is 40.2. The molecule has 13 nitrogen and oxygen atoms in total. The van der Waals surface area contributed by atoms with Crippen LogP contribution in [0.2, 0.25) is 16.6 Å². The number of carbonyl (C=O) groups is 2. The Morgan fingerprint density at radius 2 is 1.27 bits per heavy atom. The number of morpholine rings is 1. The number of nitrogens with zero attached hydrogens (tertiary/aromatic N) is 3. The van der Waals surface area contributed by atoms with Gasteiger partial charge in [-0.15, -0.1) is 0 Å². The molecule has 1 aliphatic heterocycles. The molecule has 1 N–H and O–H groups in total. The molecule has 0 unspecified atom stereocenters. The van der Waals surface area contributed by atoms with Crippen LogP contribution in [-0.2, 0) is 24.2 Å². The fraction of sp³-hybridized carbons (Fsp3) is 0.423. The maximum atomic E-state index is 14.4. The van der Waals surface area contributed by atoms with Gasteiger partial charge < -0.3 is 38.3 Å². The van der Waals surface area contributed by atoms with Gasteiger partial charge in [0.15, 0.2) is 14.5 Å². The Morgan fingerprint density at radius 1 is 0.758 bits per heavy atom. The van der Waals surface area contributed by atoms with Gasteiger partial charge in [0.25, 0.3) is 5.91 Å². The van der Waals surface area contributed by atoms with Crippen LogP contribution in [0.4, 0.5) is 10.6 Å². The van der Waals surface area contributed by atoms with E-state index >= 15 is 0 Å². The monoisotopic (exact) mass is 918 g/mol. The first-order valence-corrected chi connectivity index (χ1v) is 24.7. The third-order valence-electron chi connectivity index (χ3n) is 12.3. The quantitative estimate of drug-likeness (QED) is 0.0708. The van der Waals surface area contributed by atoms with Crippen molar-refractivity contribution in [3.63, 3.8) is 0 Å². The first-order valence-electron chi connectivity index (χ1n) is 22.6. The molecule has 4 aromatic carbocycles. The highest BCUT2D eigenvalue weighted by molar-refractivity contribution is 6.77. The topological polar surface area (TPSA) is 140 Å². The lowest BCUT2D eigenvalue weighted by atomic mass is 9.79. The van der Waals surface area contributed by atoms with Gasteiger partial charge in [0.1, 0.15) is 34.1 Å². The second-order valence-electron chi connectivity index (χ2n) is 18.8. The molecule has 352 valence electrons. The number of nitrogens with one attached hydrogen (secondary N) is 1. The van der Waals surface area contributed by atoms with E-state index < -0.39 is 49.0 Å². The smallest absolute Gasteiger partial charge is 0.410 e. The Hall–Kier alpha value is -5.80. The predicted molar refractivity (Wildman–Crippen MR) is 259 cm³/mol. The van der Waals surface area contributed by atoms with Crippen LogP contribution in [0.25, 0.3) is 0 Å². The molecule has 0 saturated carbocycles. The van der Waals surface area contributed by atoms with Crippen molar-refractivity contribution < 1.29 is 37.7 Å². The number of aromatic nitrogens is 2. The Morgan fingerprint density at radius 3 is 1.76 bits per heavy atom. The number of rotatable bonds is 17. The summed E-state index contributed by atoms with van der Waals surface area (Å²) in [7, 11) is 0.634. The fourth-order valence-corrected chi connectivity index (χ4v) is 14.8. The second-order valence-corrected chi connectivity index (χ2v) is 24.3. The average Bonchev–Trinajstić information content (AvgIpc) is 3.29. The summed E-state index contributed by atoms with van der Waals surface area (Å²) < 4.78 is 40.8. The number of hydrogen-bond donors (Lipinski definition) is 1. The van der Waals surface area contributed by atoms with Gasteiger partial charge in [-0.1, -0.05) is 114 Å². The van der Waals surface area contributed by atoms with E-state index in [0.29, 0.717) is 17.1 Å². The maximum absolute atomic E-state index is 14.4. The highest BCUT2D eigenvalue weighted by Crippen LogP contribution is 2.46. The number of amides is 2. The molecule has 0 radical (unpaired) electrons. The largest absolute Gasteiger partial charge is 0.497 e. The molecule has 1 saturated heterocycles. The Balaban J connectivity index is 1.53. The minimum absolute atomic E-state index is 0.000664. The van der Waals surface area contributed by atoms with E-state index in [4.69, 9.17) is 28.1 Å².